The number of hydrogen-bond donors (Lipinski definition) is 2. The number of amidine groups is 1. The quantitative estimate of drug-likeness (QED) is 0.650. The van der Waals surface area contributed by atoms with Crippen molar-refractivity contribution in [1.29, 1.82) is 5.41 Å². The van der Waals surface area contributed by atoms with E-state index in [-0.39, 0.29) is 5.84 Å². The average molecular weight is 254 g/mol. The molecule has 3 N–H and O–H groups in total. The summed E-state index contributed by atoms with van der Waals surface area (Å²) in [6.45, 7) is 4.55. The molecule has 2 aromatic rings. The molecule has 0 aliphatic rings. The third kappa shape index (κ3) is 3.13. The standard InChI is InChI=1S/C16H18N2O/c1-11-7-8-14(9-12(11)2)19-10-13-5-3-4-6-15(13)16(17)18/h3-9H,10H2,1-2H3,(H3,17,18). The number of hydrogen-bond acceptors (Lipinski definition) is 2. The Morgan fingerprint density at radius 2 is 1.84 bits per heavy atom. The van der Waals surface area contributed by atoms with Crippen LogP contribution in [0.1, 0.15) is 22.3 Å². The molecule has 0 unspecified atom stereocenters. The van der Waals surface area contributed by atoms with E-state index in [4.69, 9.17) is 15.9 Å². The smallest absolute Gasteiger partial charge is 0.123 e. The molecule has 2 aromatic carbocycles. The Hall–Kier alpha value is -2.29. The van der Waals surface area contributed by atoms with Gasteiger partial charge in [-0.2, -0.15) is 0 Å². The first-order chi connectivity index (χ1) is 9.08. The third-order valence-electron chi connectivity index (χ3n) is 3.18. The molecule has 0 saturated heterocycles. The van der Waals surface area contributed by atoms with Gasteiger partial charge >= 0.3 is 0 Å². The Morgan fingerprint density at radius 1 is 1.11 bits per heavy atom. The molecule has 0 amide bonds. The number of nitrogens with two attached hydrogens (primary N) is 1. The van der Waals surface area contributed by atoms with Crippen LogP contribution in [0.4, 0.5) is 0 Å². The predicted molar refractivity (Wildman–Crippen MR) is 77.7 cm³/mol. The van der Waals surface area contributed by atoms with Crippen molar-refractivity contribution in [3.63, 3.8) is 0 Å². The highest BCUT2D eigenvalue weighted by Crippen LogP contribution is 2.18. The van der Waals surface area contributed by atoms with Crippen LogP contribution in [-0.2, 0) is 6.61 Å². The molecule has 98 valence electrons. The predicted octanol–water partition coefficient (Wildman–Crippen LogP) is 3.17. The SMILES string of the molecule is Cc1ccc(OCc2ccccc2C(=N)N)cc1C. The lowest BCUT2D eigenvalue weighted by molar-refractivity contribution is 0.305. The highest BCUT2D eigenvalue weighted by molar-refractivity contribution is 5.96. The lowest BCUT2D eigenvalue weighted by Crippen LogP contribution is -2.14. The van der Waals surface area contributed by atoms with Crippen molar-refractivity contribution < 1.29 is 4.74 Å². The second kappa shape index (κ2) is 5.57. The van der Waals surface area contributed by atoms with E-state index in [1.165, 1.54) is 11.1 Å². The minimum absolute atomic E-state index is 0.0688. The summed E-state index contributed by atoms with van der Waals surface area (Å²) in [6, 6.07) is 13.6. The van der Waals surface area contributed by atoms with E-state index in [2.05, 4.69) is 13.8 Å². The highest BCUT2D eigenvalue weighted by atomic mass is 16.5. The lowest BCUT2D eigenvalue weighted by atomic mass is 10.1. The molecule has 0 heterocycles. The fraction of sp³-hybridized carbons (Fsp3) is 0.188. The van der Waals surface area contributed by atoms with E-state index in [1.807, 2.05) is 42.5 Å². The highest BCUT2D eigenvalue weighted by Gasteiger charge is 2.05. The Labute approximate surface area is 113 Å². The molecule has 0 aromatic heterocycles. The molecular weight excluding hydrogens is 236 g/mol. The number of nitrogen functional groups attached to an aromatic ring is 1. The summed E-state index contributed by atoms with van der Waals surface area (Å²) in [7, 11) is 0. The van der Waals surface area contributed by atoms with Gasteiger partial charge in [0, 0.05) is 11.1 Å². The summed E-state index contributed by atoms with van der Waals surface area (Å²) in [6.07, 6.45) is 0. The topological polar surface area (TPSA) is 59.1 Å². The molecule has 3 heteroatoms. The third-order valence-corrected chi connectivity index (χ3v) is 3.18. The summed E-state index contributed by atoms with van der Waals surface area (Å²) < 4.78 is 5.77. The number of ether oxygens (including phenoxy) is 1. The summed E-state index contributed by atoms with van der Waals surface area (Å²) in [5.74, 6) is 0.903. The van der Waals surface area contributed by atoms with Crippen molar-refractivity contribution in [3.8, 4) is 5.75 Å². The van der Waals surface area contributed by atoms with Gasteiger partial charge < -0.3 is 10.5 Å². The summed E-state index contributed by atoms with van der Waals surface area (Å²) >= 11 is 0. The van der Waals surface area contributed by atoms with Gasteiger partial charge in [0.1, 0.15) is 18.2 Å². The summed E-state index contributed by atoms with van der Waals surface area (Å²) in [5.41, 5.74) is 9.66. The largest absolute Gasteiger partial charge is 0.489 e. The van der Waals surface area contributed by atoms with Gasteiger partial charge in [0.2, 0.25) is 0 Å². The second-order valence-corrected chi connectivity index (χ2v) is 4.61. The first kappa shape index (κ1) is 13.1. The van der Waals surface area contributed by atoms with Gasteiger partial charge in [-0.05, 0) is 37.1 Å². The van der Waals surface area contributed by atoms with Crippen LogP contribution in [0.5, 0.6) is 5.75 Å². The van der Waals surface area contributed by atoms with Crippen molar-refractivity contribution in [3.05, 3.63) is 64.7 Å². The lowest BCUT2D eigenvalue weighted by Gasteiger charge is -2.11. The fourth-order valence-corrected chi connectivity index (χ4v) is 1.87. The second-order valence-electron chi connectivity index (χ2n) is 4.61. The van der Waals surface area contributed by atoms with E-state index in [1.54, 1.807) is 0 Å². The van der Waals surface area contributed by atoms with E-state index >= 15 is 0 Å². The zero-order valence-corrected chi connectivity index (χ0v) is 11.2. The molecule has 0 fully saturated rings. The van der Waals surface area contributed by atoms with Crippen LogP contribution in [0.25, 0.3) is 0 Å². The molecule has 0 spiro atoms. The molecule has 3 nitrogen and oxygen atoms in total. The van der Waals surface area contributed by atoms with Gasteiger partial charge in [-0.1, -0.05) is 30.3 Å². The molecule has 0 saturated carbocycles. The van der Waals surface area contributed by atoms with Crippen LogP contribution in [0.15, 0.2) is 42.5 Å². The first-order valence-corrected chi connectivity index (χ1v) is 6.20. The maximum Gasteiger partial charge on any atom is 0.123 e. The van der Waals surface area contributed by atoms with Crippen molar-refractivity contribution >= 4 is 5.84 Å². The van der Waals surface area contributed by atoms with Crippen molar-refractivity contribution in [1.82, 2.24) is 0 Å². The number of rotatable bonds is 4. The molecule has 0 aliphatic heterocycles. The Morgan fingerprint density at radius 3 is 2.53 bits per heavy atom. The first-order valence-electron chi connectivity index (χ1n) is 6.20. The van der Waals surface area contributed by atoms with Crippen LogP contribution >= 0.6 is 0 Å². The van der Waals surface area contributed by atoms with Crippen LogP contribution < -0.4 is 10.5 Å². The van der Waals surface area contributed by atoms with Gasteiger partial charge in [-0.25, -0.2) is 0 Å². The zero-order valence-electron chi connectivity index (χ0n) is 11.2. The molecule has 19 heavy (non-hydrogen) atoms. The van der Waals surface area contributed by atoms with Crippen LogP contribution in [0.3, 0.4) is 0 Å². The zero-order chi connectivity index (χ0) is 13.8. The van der Waals surface area contributed by atoms with Crippen LogP contribution in [0.2, 0.25) is 0 Å². The van der Waals surface area contributed by atoms with Gasteiger partial charge in [0.15, 0.2) is 0 Å². The molecule has 0 radical (unpaired) electrons. The Balaban J connectivity index is 2.14. The maximum absolute atomic E-state index is 7.54. The molecule has 2 rings (SSSR count). The van der Waals surface area contributed by atoms with E-state index in [0.717, 1.165) is 16.9 Å². The summed E-state index contributed by atoms with van der Waals surface area (Å²) in [5, 5.41) is 7.54. The minimum Gasteiger partial charge on any atom is -0.489 e. The average Bonchev–Trinajstić information content (AvgIpc) is 2.40. The Kier molecular flexibility index (Phi) is 3.85. The monoisotopic (exact) mass is 254 g/mol. The molecule has 0 atom stereocenters. The number of nitrogens with one attached hydrogen (secondary N) is 1. The van der Waals surface area contributed by atoms with Crippen LogP contribution in [-0.4, -0.2) is 5.84 Å². The maximum atomic E-state index is 7.54. The normalized spacial score (nSPS) is 10.2. The van der Waals surface area contributed by atoms with Gasteiger partial charge in [-0.15, -0.1) is 0 Å². The van der Waals surface area contributed by atoms with Gasteiger partial charge in [0.25, 0.3) is 0 Å². The molecule has 0 bridgehead atoms. The van der Waals surface area contributed by atoms with Crippen molar-refractivity contribution in [2.75, 3.05) is 0 Å². The minimum atomic E-state index is 0.0688. The van der Waals surface area contributed by atoms with E-state index < -0.39 is 0 Å². The number of aryl methyl sites for hydroxylation is 2. The van der Waals surface area contributed by atoms with Crippen LogP contribution in [0, 0.1) is 19.3 Å². The molecule has 0 aliphatic carbocycles. The van der Waals surface area contributed by atoms with Crippen molar-refractivity contribution in [2.24, 2.45) is 5.73 Å². The van der Waals surface area contributed by atoms with Crippen molar-refractivity contribution in [2.45, 2.75) is 20.5 Å². The Bertz CT molecular complexity index is 605. The van der Waals surface area contributed by atoms with Gasteiger partial charge in [0.05, 0.1) is 0 Å². The van der Waals surface area contributed by atoms with E-state index in [9.17, 15) is 0 Å². The van der Waals surface area contributed by atoms with E-state index in [0.29, 0.717) is 6.61 Å². The number of benzene rings is 2. The summed E-state index contributed by atoms with van der Waals surface area (Å²) in [4.78, 5) is 0. The molecular formula is C16H18N2O. The van der Waals surface area contributed by atoms with Gasteiger partial charge in [-0.3, -0.25) is 5.41 Å². The fourth-order valence-electron chi connectivity index (χ4n) is 1.87.